The van der Waals surface area contributed by atoms with Gasteiger partial charge < -0.3 is 19.9 Å². The largest absolute Gasteiger partial charge is 0.481 e. The van der Waals surface area contributed by atoms with Gasteiger partial charge in [-0.2, -0.15) is 0 Å². The van der Waals surface area contributed by atoms with Gasteiger partial charge >= 0.3 is 18.0 Å². The number of ether oxygens (including phenoxy) is 2. The summed E-state index contributed by atoms with van der Waals surface area (Å²) >= 11 is 0. The van der Waals surface area contributed by atoms with Crippen LogP contribution in [0.4, 0.5) is 4.79 Å². The molecule has 0 heterocycles. The third-order valence-corrected chi connectivity index (χ3v) is 4.36. The van der Waals surface area contributed by atoms with Gasteiger partial charge in [0, 0.05) is 11.1 Å². The lowest BCUT2D eigenvalue weighted by Gasteiger charge is -2.24. The summed E-state index contributed by atoms with van der Waals surface area (Å²) in [5.41, 5.74) is 2.78. The number of hydrogen-bond donors (Lipinski definition) is 2. The Morgan fingerprint density at radius 3 is 2.00 bits per heavy atom. The topological polar surface area (TPSA) is 102 Å². The second-order valence-electron chi connectivity index (χ2n) is 7.79. The first-order valence-electron chi connectivity index (χ1n) is 9.26. The molecule has 3 rings (SSSR count). The number of hydrogen-bond acceptors (Lipinski definition) is 5. The second kappa shape index (κ2) is 7.95. The van der Waals surface area contributed by atoms with Crippen molar-refractivity contribution in [2.24, 2.45) is 0 Å². The molecule has 0 aliphatic heterocycles. The van der Waals surface area contributed by atoms with E-state index in [4.69, 9.17) is 14.6 Å². The first-order chi connectivity index (χ1) is 13.7. The molecule has 2 aromatic rings. The van der Waals surface area contributed by atoms with Crippen molar-refractivity contribution in [3.63, 3.8) is 0 Å². The molecule has 7 heteroatoms. The average Bonchev–Trinajstić information content (AvgIpc) is 2.94. The lowest BCUT2D eigenvalue weighted by Crippen LogP contribution is -2.45. The standard InChI is InChI=1S/C22H23NO6/c1-22(2,3)29-20(26)17(12-18(24)25)23-21(27)28-19-15-10-6-4-8-13(15)14-9-5-7-11-16(14)19/h4-11,17,19H,12H2,1-3H3,(H,23,27)(H,24,25)/t17-/m0/s1. The summed E-state index contributed by atoms with van der Waals surface area (Å²) in [4.78, 5) is 36.0. The highest BCUT2D eigenvalue weighted by molar-refractivity contribution is 5.86. The molecule has 0 spiro atoms. The van der Waals surface area contributed by atoms with Crippen molar-refractivity contribution in [1.29, 1.82) is 0 Å². The smallest absolute Gasteiger partial charge is 0.408 e. The normalized spacial score (nSPS) is 13.8. The minimum absolute atomic E-state index is 0.609. The molecule has 1 aliphatic rings. The summed E-state index contributed by atoms with van der Waals surface area (Å²) in [6, 6.07) is 13.8. The first kappa shape index (κ1) is 20.4. The summed E-state index contributed by atoms with van der Waals surface area (Å²) < 4.78 is 10.8. The number of benzene rings is 2. The van der Waals surface area contributed by atoms with Crippen LogP contribution in [-0.4, -0.2) is 34.8 Å². The predicted molar refractivity (Wildman–Crippen MR) is 105 cm³/mol. The van der Waals surface area contributed by atoms with E-state index in [1.54, 1.807) is 20.8 Å². The molecule has 1 amide bonds. The molecule has 1 atom stereocenters. The number of fused-ring (bicyclic) bond motifs is 3. The van der Waals surface area contributed by atoms with Gasteiger partial charge in [-0.15, -0.1) is 0 Å². The first-order valence-corrected chi connectivity index (χ1v) is 9.26. The molecule has 2 N–H and O–H groups in total. The number of aliphatic carboxylic acids is 1. The van der Waals surface area contributed by atoms with Gasteiger partial charge in [0.1, 0.15) is 11.6 Å². The zero-order chi connectivity index (χ0) is 21.2. The number of alkyl carbamates (subject to hydrolysis) is 1. The summed E-state index contributed by atoms with van der Waals surface area (Å²) in [6.07, 6.45) is -2.15. The van der Waals surface area contributed by atoms with Crippen LogP contribution < -0.4 is 5.32 Å². The molecule has 1 aliphatic carbocycles. The van der Waals surface area contributed by atoms with E-state index in [0.717, 1.165) is 22.3 Å². The molecular weight excluding hydrogens is 374 g/mol. The predicted octanol–water partition coefficient (Wildman–Crippen LogP) is 3.67. The SMILES string of the molecule is CC(C)(C)OC(=O)[C@H](CC(=O)O)NC(=O)OC1c2ccccc2-c2ccccc21. The highest BCUT2D eigenvalue weighted by Gasteiger charge is 2.34. The van der Waals surface area contributed by atoms with Gasteiger partial charge in [0.15, 0.2) is 6.10 Å². The van der Waals surface area contributed by atoms with Gasteiger partial charge in [-0.25, -0.2) is 9.59 Å². The summed E-state index contributed by atoms with van der Waals surface area (Å²) in [5.74, 6) is -2.07. The lowest BCUT2D eigenvalue weighted by atomic mass is 10.1. The van der Waals surface area contributed by atoms with Gasteiger partial charge in [-0.1, -0.05) is 48.5 Å². The number of carbonyl (C=O) groups is 3. The van der Waals surface area contributed by atoms with Crippen LogP contribution in [0.3, 0.4) is 0 Å². The summed E-state index contributed by atoms with van der Waals surface area (Å²) in [7, 11) is 0. The molecule has 152 valence electrons. The number of carboxylic acids is 1. The van der Waals surface area contributed by atoms with Crippen LogP contribution in [0.2, 0.25) is 0 Å². The van der Waals surface area contributed by atoms with Gasteiger partial charge in [-0.3, -0.25) is 4.79 Å². The summed E-state index contributed by atoms with van der Waals surface area (Å²) in [5, 5.41) is 11.4. The fourth-order valence-corrected chi connectivity index (χ4v) is 3.26. The number of nitrogens with one attached hydrogen (secondary N) is 1. The molecular formula is C22H23NO6. The van der Waals surface area contributed by atoms with Crippen molar-refractivity contribution >= 4 is 18.0 Å². The highest BCUT2D eigenvalue weighted by Crippen LogP contribution is 2.45. The number of carboxylic acid groups (broad SMARTS) is 1. The molecule has 0 fully saturated rings. The van der Waals surface area contributed by atoms with Crippen LogP contribution in [0.1, 0.15) is 44.4 Å². The van der Waals surface area contributed by atoms with Crippen molar-refractivity contribution in [1.82, 2.24) is 5.32 Å². The van der Waals surface area contributed by atoms with Crippen LogP contribution in [0, 0.1) is 0 Å². The van der Waals surface area contributed by atoms with Crippen LogP contribution in [0.25, 0.3) is 11.1 Å². The van der Waals surface area contributed by atoms with E-state index in [-0.39, 0.29) is 0 Å². The fraction of sp³-hybridized carbons (Fsp3) is 0.318. The van der Waals surface area contributed by atoms with E-state index in [0.29, 0.717) is 0 Å². The Bertz CT molecular complexity index is 901. The maximum Gasteiger partial charge on any atom is 0.408 e. The van der Waals surface area contributed by atoms with E-state index < -0.39 is 42.2 Å². The highest BCUT2D eigenvalue weighted by atomic mass is 16.6. The maximum atomic E-state index is 12.5. The van der Waals surface area contributed by atoms with Crippen molar-refractivity contribution in [3.05, 3.63) is 59.7 Å². The van der Waals surface area contributed by atoms with Crippen molar-refractivity contribution in [2.75, 3.05) is 0 Å². The van der Waals surface area contributed by atoms with Gasteiger partial charge in [-0.05, 0) is 31.9 Å². The third-order valence-electron chi connectivity index (χ3n) is 4.36. The minimum Gasteiger partial charge on any atom is -0.481 e. The Balaban J connectivity index is 1.78. The van der Waals surface area contributed by atoms with Gasteiger partial charge in [0.05, 0.1) is 6.42 Å². The number of esters is 1. The molecule has 0 saturated heterocycles. The van der Waals surface area contributed by atoms with E-state index in [9.17, 15) is 14.4 Å². The molecule has 0 aromatic heterocycles. The minimum atomic E-state index is -1.36. The van der Waals surface area contributed by atoms with E-state index in [1.165, 1.54) is 0 Å². The number of rotatable bonds is 5. The lowest BCUT2D eigenvalue weighted by molar-refractivity contribution is -0.159. The molecule has 7 nitrogen and oxygen atoms in total. The van der Waals surface area contributed by atoms with Crippen LogP contribution in [0.15, 0.2) is 48.5 Å². The van der Waals surface area contributed by atoms with Crippen LogP contribution in [0.5, 0.6) is 0 Å². The molecule has 0 saturated carbocycles. The second-order valence-corrected chi connectivity index (χ2v) is 7.79. The Labute approximate surface area is 168 Å². The average molecular weight is 397 g/mol. The molecule has 0 bridgehead atoms. The molecule has 0 radical (unpaired) electrons. The van der Waals surface area contributed by atoms with E-state index in [1.807, 2.05) is 48.5 Å². The van der Waals surface area contributed by atoms with Crippen LogP contribution >= 0.6 is 0 Å². The molecule has 0 unspecified atom stereocenters. The Hall–Kier alpha value is -3.35. The third kappa shape index (κ3) is 4.74. The molecule has 2 aromatic carbocycles. The van der Waals surface area contributed by atoms with Crippen molar-refractivity contribution in [3.8, 4) is 11.1 Å². The Morgan fingerprint density at radius 2 is 1.52 bits per heavy atom. The summed E-state index contributed by atoms with van der Waals surface area (Å²) in [6.45, 7) is 4.98. The Morgan fingerprint density at radius 1 is 1.00 bits per heavy atom. The molecule has 29 heavy (non-hydrogen) atoms. The van der Waals surface area contributed by atoms with Crippen molar-refractivity contribution < 1.29 is 29.0 Å². The zero-order valence-electron chi connectivity index (χ0n) is 16.5. The van der Waals surface area contributed by atoms with E-state index in [2.05, 4.69) is 5.32 Å². The monoisotopic (exact) mass is 397 g/mol. The van der Waals surface area contributed by atoms with E-state index >= 15 is 0 Å². The van der Waals surface area contributed by atoms with Crippen LogP contribution in [-0.2, 0) is 19.1 Å². The van der Waals surface area contributed by atoms with Gasteiger partial charge in [0.2, 0.25) is 0 Å². The quantitative estimate of drug-likeness (QED) is 0.747. The Kier molecular flexibility index (Phi) is 5.59. The maximum absolute atomic E-state index is 12.5. The van der Waals surface area contributed by atoms with Crippen molar-refractivity contribution in [2.45, 2.75) is 44.9 Å². The fourth-order valence-electron chi connectivity index (χ4n) is 3.26. The number of carbonyl (C=O) groups excluding carboxylic acids is 2. The zero-order valence-corrected chi connectivity index (χ0v) is 16.5. The van der Waals surface area contributed by atoms with Gasteiger partial charge in [0.25, 0.3) is 0 Å². The number of amides is 1.